The lowest BCUT2D eigenvalue weighted by molar-refractivity contribution is 0.100. The molecular formula is C17H27N2OP. The van der Waals surface area contributed by atoms with Gasteiger partial charge >= 0.3 is 0 Å². The van der Waals surface area contributed by atoms with Crippen LogP contribution in [0.15, 0.2) is 0 Å². The van der Waals surface area contributed by atoms with Crippen LogP contribution in [0.2, 0.25) is 0 Å². The Balaban J connectivity index is 2.05. The summed E-state index contributed by atoms with van der Waals surface area (Å²) in [7, 11) is 0.524. The molecule has 3 N–H and O–H groups in total. The van der Waals surface area contributed by atoms with Crippen LogP contribution in [0, 0.1) is 11.8 Å². The molecule has 0 spiro atoms. The topological polar surface area (TPSA) is 55.1 Å². The highest BCUT2D eigenvalue weighted by atomic mass is 31.0. The lowest BCUT2D eigenvalue weighted by Gasteiger charge is -2.34. The molecule has 0 aromatic carbocycles. The number of nitrogens with two attached hydrogens (primary N) is 1. The number of carbonyl (C=O) groups is 1. The van der Waals surface area contributed by atoms with E-state index in [1.165, 1.54) is 35.7 Å². The van der Waals surface area contributed by atoms with E-state index in [4.69, 9.17) is 5.73 Å². The SMILES string of the molecule is CCc1[pH]c(C(N)=O)c([C@@H]2CNCC[C@H]2C2CC2)c1CC. The Kier molecular flexibility index (Phi) is 4.42. The van der Waals surface area contributed by atoms with E-state index >= 15 is 0 Å². The number of piperidine rings is 1. The largest absolute Gasteiger partial charge is 0.365 e. The second-order valence-corrected chi connectivity index (χ2v) is 7.90. The molecule has 1 saturated carbocycles. The predicted molar refractivity (Wildman–Crippen MR) is 89.7 cm³/mol. The highest BCUT2D eigenvalue weighted by Crippen LogP contribution is 2.50. The van der Waals surface area contributed by atoms with Crippen molar-refractivity contribution in [3.05, 3.63) is 21.7 Å². The molecule has 2 aliphatic rings. The van der Waals surface area contributed by atoms with E-state index in [-0.39, 0.29) is 5.91 Å². The number of hydrogen-bond donors (Lipinski definition) is 2. The van der Waals surface area contributed by atoms with Gasteiger partial charge in [-0.3, -0.25) is 4.79 Å². The number of primary amides is 1. The van der Waals surface area contributed by atoms with Gasteiger partial charge in [0.2, 0.25) is 0 Å². The third kappa shape index (κ3) is 2.78. The van der Waals surface area contributed by atoms with Crippen LogP contribution < -0.4 is 11.1 Å². The van der Waals surface area contributed by atoms with Crippen molar-refractivity contribution in [3.8, 4) is 0 Å². The number of carbonyl (C=O) groups excluding carboxylic acids is 1. The van der Waals surface area contributed by atoms with Gasteiger partial charge in [0.15, 0.2) is 0 Å². The van der Waals surface area contributed by atoms with Gasteiger partial charge in [0.05, 0.1) is 5.30 Å². The molecule has 1 aliphatic heterocycles. The molecule has 1 unspecified atom stereocenters. The Morgan fingerprint density at radius 2 is 2.05 bits per heavy atom. The van der Waals surface area contributed by atoms with E-state index in [1.807, 2.05) is 0 Å². The van der Waals surface area contributed by atoms with Crippen molar-refractivity contribution in [3.63, 3.8) is 0 Å². The molecule has 3 rings (SSSR count). The fourth-order valence-electron chi connectivity index (χ4n) is 4.20. The van der Waals surface area contributed by atoms with Gasteiger partial charge in [0.25, 0.3) is 5.91 Å². The second kappa shape index (κ2) is 6.14. The van der Waals surface area contributed by atoms with Crippen molar-refractivity contribution in [1.82, 2.24) is 5.32 Å². The molecule has 21 heavy (non-hydrogen) atoms. The highest BCUT2D eigenvalue weighted by Gasteiger charge is 2.40. The summed E-state index contributed by atoms with van der Waals surface area (Å²) in [6.07, 6.45) is 6.11. The molecule has 1 amide bonds. The van der Waals surface area contributed by atoms with Crippen molar-refractivity contribution in [2.45, 2.75) is 51.9 Å². The first-order chi connectivity index (χ1) is 10.2. The van der Waals surface area contributed by atoms with Crippen LogP contribution in [0.5, 0.6) is 0 Å². The van der Waals surface area contributed by atoms with Gasteiger partial charge in [-0.2, -0.15) is 0 Å². The molecule has 1 saturated heterocycles. The Bertz CT molecular complexity index is 533. The quantitative estimate of drug-likeness (QED) is 0.878. The standard InChI is InChI=1S/C17H27N2OP/c1-3-11-14(4-2)21-16(17(18)20)15(11)13-9-19-8-7-12(13)10-5-6-10/h10,12-13,19,21H,3-9H2,1-2H3,(H2,18,20)/t12-,13+/m0/s1. The van der Waals surface area contributed by atoms with Crippen molar-refractivity contribution < 1.29 is 4.79 Å². The van der Waals surface area contributed by atoms with E-state index < -0.39 is 0 Å². The normalized spacial score (nSPS) is 26.4. The number of nitrogens with one attached hydrogen (secondary N) is 1. The summed E-state index contributed by atoms with van der Waals surface area (Å²) in [6, 6.07) is 0. The first kappa shape index (κ1) is 15.1. The van der Waals surface area contributed by atoms with E-state index in [0.717, 1.165) is 43.1 Å². The van der Waals surface area contributed by atoms with Gasteiger partial charge in [0.1, 0.15) is 0 Å². The zero-order chi connectivity index (χ0) is 15.0. The Labute approximate surface area is 129 Å². The molecule has 1 aromatic rings. The minimum Gasteiger partial charge on any atom is -0.365 e. The summed E-state index contributed by atoms with van der Waals surface area (Å²) in [5, 5.41) is 5.98. The van der Waals surface area contributed by atoms with Gasteiger partial charge < -0.3 is 11.1 Å². The first-order valence-electron chi connectivity index (χ1n) is 8.41. The third-order valence-corrected chi connectivity index (χ3v) is 7.04. The Hall–Kier alpha value is -0.790. The average molecular weight is 306 g/mol. The molecule has 4 heteroatoms. The van der Waals surface area contributed by atoms with Gasteiger partial charge in [-0.05, 0) is 66.9 Å². The molecule has 2 fully saturated rings. The summed E-state index contributed by atoms with van der Waals surface area (Å²) in [5.41, 5.74) is 8.54. The average Bonchev–Trinajstić information content (AvgIpc) is 3.26. The lowest BCUT2D eigenvalue weighted by atomic mass is 9.76. The smallest absolute Gasteiger partial charge is 0.252 e. The summed E-state index contributed by atoms with van der Waals surface area (Å²) in [4.78, 5) is 12.0. The number of aryl methyl sites for hydroxylation is 1. The fourth-order valence-corrected chi connectivity index (χ4v) is 5.73. The zero-order valence-electron chi connectivity index (χ0n) is 13.2. The Morgan fingerprint density at radius 1 is 1.29 bits per heavy atom. The molecule has 1 aliphatic carbocycles. The summed E-state index contributed by atoms with van der Waals surface area (Å²) >= 11 is 0. The van der Waals surface area contributed by atoms with Crippen LogP contribution in [0.25, 0.3) is 0 Å². The van der Waals surface area contributed by atoms with E-state index in [9.17, 15) is 4.79 Å². The maximum absolute atomic E-state index is 12.0. The fraction of sp³-hybridized carbons (Fsp3) is 0.706. The number of hydrogen-bond acceptors (Lipinski definition) is 2. The number of rotatable bonds is 5. The van der Waals surface area contributed by atoms with Crippen LogP contribution in [-0.4, -0.2) is 19.0 Å². The van der Waals surface area contributed by atoms with E-state index in [1.54, 1.807) is 0 Å². The number of amides is 1. The van der Waals surface area contributed by atoms with Crippen molar-refractivity contribution >= 4 is 14.1 Å². The lowest BCUT2D eigenvalue weighted by Crippen LogP contribution is -2.37. The van der Waals surface area contributed by atoms with Crippen molar-refractivity contribution in [2.75, 3.05) is 13.1 Å². The molecule has 2 heterocycles. The first-order valence-corrected chi connectivity index (χ1v) is 9.41. The van der Waals surface area contributed by atoms with Gasteiger partial charge in [-0.15, -0.1) is 8.19 Å². The summed E-state index contributed by atoms with van der Waals surface area (Å²) < 4.78 is 0. The molecular weight excluding hydrogens is 279 g/mol. The molecule has 0 bridgehead atoms. The minimum atomic E-state index is -0.183. The molecule has 3 nitrogen and oxygen atoms in total. The molecule has 1 aromatic heterocycles. The zero-order valence-corrected chi connectivity index (χ0v) is 14.2. The highest BCUT2D eigenvalue weighted by molar-refractivity contribution is 7.33. The maximum atomic E-state index is 12.0. The minimum absolute atomic E-state index is 0.183. The van der Waals surface area contributed by atoms with E-state index in [2.05, 4.69) is 19.2 Å². The third-order valence-electron chi connectivity index (χ3n) is 5.32. The van der Waals surface area contributed by atoms with Crippen LogP contribution in [0.1, 0.15) is 65.5 Å². The van der Waals surface area contributed by atoms with Gasteiger partial charge in [0, 0.05) is 12.5 Å². The van der Waals surface area contributed by atoms with Gasteiger partial charge in [-0.25, -0.2) is 0 Å². The van der Waals surface area contributed by atoms with Crippen molar-refractivity contribution in [2.24, 2.45) is 17.6 Å². The Morgan fingerprint density at radius 3 is 2.62 bits per heavy atom. The molecule has 3 atom stereocenters. The predicted octanol–water partition coefficient (Wildman–Crippen LogP) is 3.04. The van der Waals surface area contributed by atoms with Gasteiger partial charge in [-0.1, -0.05) is 13.8 Å². The van der Waals surface area contributed by atoms with Crippen LogP contribution in [0.3, 0.4) is 0 Å². The van der Waals surface area contributed by atoms with Crippen LogP contribution in [0.4, 0.5) is 0 Å². The monoisotopic (exact) mass is 306 g/mol. The summed E-state index contributed by atoms with van der Waals surface area (Å²) in [6.45, 7) is 6.59. The molecule has 116 valence electrons. The van der Waals surface area contributed by atoms with E-state index in [0.29, 0.717) is 14.1 Å². The van der Waals surface area contributed by atoms with Crippen molar-refractivity contribution in [1.29, 1.82) is 0 Å². The maximum Gasteiger partial charge on any atom is 0.252 e. The molecule has 0 radical (unpaired) electrons. The van der Waals surface area contributed by atoms with Crippen LogP contribution in [-0.2, 0) is 12.8 Å². The van der Waals surface area contributed by atoms with Crippen LogP contribution >= 0.6 is 8.19 Å². The summed E-state index contributed by atoms with van der Waals surface area (Å²) in [5.74, 6) is 1.99. The second-order valence-electron chi connectivity index (χ2n) is 6.54.